The van der Waals surface area contributed by atoms with Crippen molar-refractivity contribution in [3.63, 3.8) is 0 Å². The Bertz CT molecular complexity index is 665. The van der Waals surface area contributed by atoms with Crippen molar-refractivity contribution in [3.05, 3.63) is 65.2 Å². The van der Waals surface area contributed by atoms with Crippen molar-refractivity contribution < 1.29 is 24.5 Å². The molecule has 0 aliphatic carbocycles. The Morgan fingerprint density at radius 3 is 2.11 bits per heavy atom. The maximum atomic E-state index is 9.10. The van der Waals surface area contributed by atoms with Gasteiger partial charge in [0.1, 0.15) is 5.75 Å². The van der Waals surface area contributed by atoms with E-state index in [0.29, 0.717) is 0 Å². The molecule has 2 aromatic carbocycles. The van der Waals surface area contributed by atoms with Gasteiger partial charge in [0, 0.05) is 5.02 Å². The molecule has 0 aliphatic rings. The quantitative estimate of drug-likeness (QED) is 0.446. The number of nitrogens with one attached hydrogen (secondary N) is 1. The summed E-state index contributed by atoms with van der Waals surface area (Å²) in [6, 6.07) is 18.1. The Kier molecular flexibility index (Phi) is 11.3. The smallest absolute Gasteiger partial charge is 0.414 e. The van der Waals surface area contributed by atoms with Gasteiger partial charge >= 0.3 is 11.9 Å². The highest BCUT2D eigenvalue weighted by atomic mass is 35.5. The molecule has 0 amide bonds. The summed E-state index contributed by atoms with van der Waals surface area (Å²) in [5.74, 6) is -2.76. The zero-order valence-electron chi connectivity index (χ0n) is 14.9. The number of hydrogen-bond donors (Lipinski definition) is 3. The van der Waals surface area contributed by atoms with Crippen molar-refractivity contribution in [2.24, 2.45) is 0 Å². The Balaban J connectivity index is 0.000000527. The van der Waals surface area contributed by atoms with Gasteiger partial charge in [0.15, 0.2) is 0 Å². The van der Waals surface area contributed by atoms with Gasteiger partial charge in [-0.1, -0.05) is 41.9 Å². The molecule has 7 heteroatoms. The molecule has 2 rings (SSSR count). The van der Waals surface area contributed by atoms with Gasteiger partial charge in [-0.05, 0) is 62.2 Å². The van der Waals surface area contributed by atoms with E-state index >= 15 is 0 Å². The third kappa shape index (κ3) is 11.6. The van der Waals surface area contributed by atoms with E-state index in [1.165, 1.54) is 5.56 Å². The number of halogens is 1. The van der Waals surface area contributed by atoms with Crippen LogP contribution in [0.3, 0.4) is 0 Å². The Morgan fingerprint density at radius 1 is 0.889 bits per heavy atom. The fourth-order valence-corrected chi connectivity index (χ4v) is 2.20. The molecule has 0 spiro atoms. The monoisotopic (exact) mass is 393 g/mol. The zero-order chi connectivity index (χ0) is 19.9. The Hall–Kier alpha value is -2.57. The Morgan fingerprint density at radius 2 is 1.52 bits per heavy atom. The summed E-state index contributed by atoms with van der Waals surface area (Å²) < 4.78 is 5.65. The maximum absolute atomic E-state index is 9.10. The fraction of sp³-hybridized carbons (Fsp3) is 0.300. The van der Waals surface area contributed by atoms with Crippen LogP contribution in [0, 0.1) is 0 Å². The van der Waals surface area contributed by atoms with Crippen LogP contribution in [0.25, 0.3) is 0 Å². The summed E-state index contributed by atoms with van der Waals surface area (Å²) in [6.07, 6.45) is 3.27. The van der Waals surface area contributed by atoms with Crippen LogP contribution in [0.4, 0.5) is 0 Å². The summed E-state index contributed by atoms with van der Waals surface area (Å²) in [5, 5.41) is 19.0. The molecule has 3 N–H and O–H groups in total. The van der Waals surface area contributed by atoms with Gasteiger partial charge in [-0.15, -0.1) is 0 Å². The van der Waals surface area contributed by atoms with Gasteiger partial charge in [0.05, 0.1) is 6.61 Å². The molecule has 2 aromatic rings. The molecular formula is C20H24ClNO5. The zero-order valence-corrected chi connectivity index (χ0v) is 15.7. The van der Waals surface area contributed by atoms with Crippen LogP contribution in [0.1, 0.15) is 18.4 Å². The molecule has 0 saturated carbocycles. The normalized spacial score (nSPS) is 9.81. The largest absolute Gasteiger partial charge is 0.494 e. The van der Waals surface area contributed by atoms with Crippen LogP contribution in [0.5, 0.6) is 5.75 Å². The lowest BCUT2D eigenvalue weighted by Crippen LogP contribution is -2.19. The molecule has 0 bridgehead atoms. The highest BCUT2D eigenvalue weighted by molar-refractivity contribution is 6.30. The molecule has 0 fully saturated rings. The number of aliphatic carboxylic acids is 2. The standard InChI is InChI=1S/C18H22ClNO.C2H2O4/c19-17-8-10-18(11-9-17)21-15-5-4-13-20-14-12-16-6-2-1-3-7-16;3-1(4)2(5)6/h1-3,6-11,20H,4-5,12-15H2;(H,3,4)(H,5,6). The summed E-state index contributed by atoms with van der Waals surface area (Å²) in [6.45, 7) is 2.82. The topological polar surface area (TPSA) is 95.9 Å². The van der Waals surface area contributed by atoms with Crippen LogP contribution >= 0.6 is 11.6 Å². The number of hydrogen-bond acceptors (Lipinski definition) is 4. The van der Waals surface area contributed by atoms with Crippen molar-refractivity contribution in [2.45, 2.75) is 19.3 Å². The van der Waals surface area contributed by atoms with E-state index in [2.05, 4.69) is 35.6 Å². The average Bonchev–Trinajstić information content (AvgIpc) is 2.66. The fourth-order valence-electron chi connectivity index (χ4n) is 2.08. The number of ether oxygens (including phenoxy) is 1. The van der Waals surface area contributed by atoms with Gasteiger partial charge in [-0.3, -0.25) is 0 Å². The van der Waals surface area contributed by atoms with Gasteiger partial charge in [-0.25, -0.2) is 9.59 Å². The first kappa shape index (κ1) is 22.5. The first-order valence-electron chi connectivity index (χ1n) is 8.58. The van der Waals surface area contributed by atoms with Crippen molar-refractivity contribution in [2.75, 3.05) is 19.7 Å². The first-order chi connectivity index (χ1) is 13.0. The highest BCUT2D eigenvalue weighted by Crippen LogP contribution is 2.15. The van der Waals surface area contributed by atoms with Crippen LogP contribution in [0.15, 0.2) is 54.6 Å². The molecule has 0 unspecified atom stereocenters. The van der Waals surface area contributed by atoms with E-state index in [1.54, 1.807) is 0 Å². The predicted molar refractivity (Wildman–Crippen MR) is 104 cm³/mol. The summed E-state index contributed by atoms with van der Waals surface area (Å²) >= 11 is 5.82. The Labute approximate surface area is 163 Å². The van der Waals surface area contributed by atoms with Gasteiger partial charge in [-0.2, -0.15) is 0 Å². The second-order valence-corrected chi connectivity index (χ2v) is 6.04. The molecular weight excluding hydrogens is 370 g/mol. The number of carboxylic acid groups (broad SMARTS) is 2. The molecule has 6 nitrogen and oxygen atoms in total. The van der Waals surface area contributed by atoms with Crippen molar-refractivity contribution in [3.8, 4) is 5.75 Å². The number of carboxylic acids is 2. The lowest BCUT2D eigenvalue weighted by atomic mass is 10.1. The van der Waals surface area contributed by atoms with Crippen molar-refractivity contribution in [1.29, 1.82) is 0 Å². The van der Waals surface area contributed by atoms with Crippen LogP contribution in [-0.2, 0) is 16.0 Å². The molecule has 0 atom stereocenters. The van der Waals surface area contributed by atoms with E-state index in [-0.39, 0.29) is 0 Å². The van der Waals surface area contributed by atoms with E-state index in [9.17, 15) is 0 Å². The maximum Gasteiger partial charge on any atom is 0.414 e. The summed E-state index contributed by atoms with van der Waals surface area (Å²) in [4.78, 5) is 18.2. The van der Waals surface area contributed by atoms with E-state index < -0.39 is 11.9 Å². The minimum Gasteiger partial charge on any atom is -0.494 e. The molecule has 0 aromatic heterocycles. The van der Waals surface area contributed by atoms with Gasteiger partial charge < -0.3 is 20.3 Å². The summed E-state index contributed by atoms with van der Waals surface area (Å²) in [5.41, 5.74) is 1.39. The SMILES string of the molecule is Clc1ccc(OCCCCNCCc2ccccc2)cc1.O=C(O)C(=O)O. The lowest BCUT2D eigenvalue weighted by molar-refractivity contribution is -0.159. The van der Waals surface area contributed by atoms with Gasteiger partial charge in [0.2, 0.25) is 0 Å². The van der Waals surface area contributed by atoms with E-state index in [4.69, 9.17) is 36.1 Å². The predicted octanol–water partition coefficient (Wildman–Crippen LogP) is 3.49. The minimum absolute atomic E-state index is 0.741. The molecule has 0 saturated heterocycles. The van der Waals surface area contributed by atoms with E-state index in [0.717, 1.165) is 49.7 Å². The minimum atomic E-state index is -1.82. The average molecular weight is 394 g/mol. The number of rotatable bonds is 9. The van der Waals surface area contributed by atoms with Gasteiger partial charge in [0.25, 0.3) is 0 Å². The highest BCUT2D eigenvalue weighted by Gasteiger charge is 2.04. The van der Waals surface area contributed by atoms with E-state index in [1.807, 2.05) is 24.3 Å². The van der Waals surface area contributed by atoms with Crippen LogP contribution in [-0.4, -0.2) is 41.8 Å². The third-order valence-electron chi connectivity index (χ3n) is 3.45. The third-order valence-corrected chi connectivity index (χ3v) is 3.70. The van der Waals surface area contributed by atoms with Crippen LogP contribution < -0.4 is 10.1 Å². The second kappa shape index (κ2) is 13.6. The van der Waals surface area contributed by atoms with Crippen LogP contribution in [0.2, 0.25) is 5.02 Å². The molecule has 0 radical (unpaired) electrons. The van der Waals surface area contributed by atoms with Crippen molar-refractivity contribution >= 4 is 23.5 Å². The molecule has 0 heterocycles. The summed E-state index contributed by atoms with van der Waals surface area (Å²) in [7, 11) is 0. The molecule has 0 aliphatic heterocycles. The number of benzene rings is 2. The number of unbranched alkanes of at least 4 members (excludes halogenated alkanes) is 1. The lowest BCUT2D eigenvalue weighted by Gasteiger charge is -2.07. The number of carbonyl (C=O) groups is 2. The molecule has 146 valence electrons. The second-order valence-electron chi connectivity index (χ2n) is 5.61. The first-order valence-corrected chi connectivity index (χ1v) is 8.96. The molecule has 27 heavy (non-hydrogen) atoms. The van der Waals surface area contributed by atoms with Crippen molar-refractivity contribution in [1.82, 2.24) is 5.32 Å².